The highest BCUT2D eigenvalue weighted by Crippen LogP contribution is 2.35. The second-order valence-electron chi connectivity index (χ2n) is 6.39. The third-order valence-electron chi connectivity index (χ3n) is 4.93. The molecule has 1 saturated heterocycles. The highest BCUT2D eigenvalue weighted by atomic mass is 32.2. The molecular formula is C17H22N4O2S. The summed E-state index contributed by atoms with van der Waals surface area (Å²) in [5.74, 6) is 0. The van der Waals surface area contributed by atoms with Crippen molar-refractivity contribution >= 4 is 10.2 Å². The van der Waals surface area contributed by atoms with Crippen LogP contribution in [-0.4, -0.2) is 46.2 Å². The molecule has 0 aromatic carbocycles. The topological polar surface area (TPSA) is 58.4 Å². The Balaban J connectivity index is 1.76. The Morgan fingerprint density at radius 3 is 2.58 bits per heavy atom. The summed E-state index contributed by atoms with van der Waals surface area (Å²) >= 11 is 0. The molecule has 0 N–H and O–H groups in total. The normalized spacial score (nSPS) is 23.1. The number of piperidine rings is 1. The lowest BCUT2D eigenvalue weighted by atomic mass is 10.0. The fourth-order valence-electron chi connectivity index (χ4n) is 3.73. The first kappa shape index (κ1) is 15.8. The van der Waals surface area contributed by atoms with Crippen LogP contribution in [-0.2, 0) is 16.8 Å². The maximum absolute atomic E-state index is 13.3. The van der Waals surface area contributed by atoms with E-state index in [1.165, 1.54) is 0 Å². The van der Waals surface area contributed by atoms with Crippen LogP contribution in [0.2, 0.25) is 0 Å². The van der Waals surface area contributed by atoms with E-state index in [0.29, 0.717) is 26.2 Å². The van der Waals surface area contributed by atoms with Crippen LogP contribution < -0.4 is 0 Å². The molecule has 1 unspecified atom stereocenters. The molecule has 2 aliphatic rings. The Kier molecular flexibility index (Phi) is 4.15. The molecule has 6 nitrogen and oxygen atoms in total. The molecule has 1 fully saturated rings. The zero-order valence-corrected chi connectivity index (χ0v) is 14.4. The van der Waals surface area contributed by atoms with Gasteiger partial charge in [-0.15, -0.1) is 0 Å². The van der Waals surface area contributed by atoms with E-state index in [2.05, 4.69) is 9.55 Å². The first-order chi connectivity index (χ1) is 11.7. The van der Waals surface area contributed by atoms with Crippen molar-refractivity contribution in [2.24, 2.45) is 0 Å². The molecule has 0 bridgehead atoms. The minimum atomic E-state index is -3.48. The third-order valence-corrected chi connectivity index (χ3v) is 6.94. The predicted octanol–water partition coefficient (Wildman–Crippen LogP) is 2.02. The number of fused-ring (bicyclic) bond motifs is 1. The van der Waals surface area contributed by atoms with Gasteiger partial charge < -0.3 is 4.57 Å². The largest absolute Gasteiger partial charge is 0.348 e. The standard InChI is InChI=1S/C17H22N4O2S/c22-24(23,20-10-2-1-3-11-20)21-13-12-19-9-5-7-16(19)17(21)15-6-4-8-18-14-15/h4-9,14,17H,1-3,10-13H2. The van der Waals surface area contributed by atoms with E-state index in [0.717, 1.165) is 30.5 Å². The van der Waals surface area contributed by atoms with Gasteiger partial charge in [-0.05, 0) is 36.6 Å². The third kappa shape index (κ3) is 2.66. The highest BCUT2D eigenvalue weighted by molar-refractivity contribution is 7.86. The molecule has 2 aliphatic heterocycles. The van der Waals surface area contributed by atoms with Crippen LogP contribution in [0.15, 0.2) is 42.9 Å². The van der Waals surface area contributed by atoms with Gasteiger partial charge in [0.05, 0.1) is 6.04 Å². The second-order valence-corrected chi connectivity index (χ2v) is 8.27. The van der Waals surface area contributed by atoms with Crippen molar-refractivity contribution in [2.45, 2.75) is 31.8 Å². The molecule has 24 heavy (non-hydrogen) atoms. The lowest BCUT2D eigenvalue weighted by Gasteiger charge is -2.39. The summed E-state index contributed by atoms with van der Waals surface area (Å²) < 4.78 is 32.0. The van der Waals surface area contributed by atoms with Gasteiger partial charge in [-0.1, -0.05) is 12.5 Å². The monoisotopic (exact) mass is 346 g/mol. The average molecular weight is 346 g/mol. The van der Waals surface area contributed by atoms with Crippen LogP contribution in [0, 0.1) is 0 Å². The summed E-state index contributed by atoms with van der Waals surface area (Å²) in [4.78, 5) is 4.20. The number of hydrogen-bond acceptors (Lipinski definition) is 3. The maximum Gasteiger partial charge on any atom is 0.282 e. The van der Waals surface area contributed by atoms with Crippen LogP contribution in [0.5, 0.6) is 0 Å². The Labute approximate surface area is 142 Å². The Morgan fingerprint density at radius 1 is 1.00 bits per heavy atom. The summed E-state index contributed by atoms with van der Waals surface area (Å²) in [7, 11) is -3.48. The van der Waals surface area contributed by atoms with Crippen molar-refractivity contribution in [3.63, 3.8) is 0 Å². The summed E-state index contributed by atoms with van der Waals surface area (Å²) in [5, 5.41) is 0. The van der Waals surface area contributed by atoms with Crippen LogP contribution in [0.3, 0.4) is 0 Å². The van der Waals surface area contributed by atoms with Crippen molar-refractivity contribution in [2.75, 3.05) is 19.6 Å². The minimum Gasteiger partial charge on any atom is -0.348 e. The molecule has 0 aliphatic carbocycles. The SMILES string of the molecule is O=S(=O)(N1CCCCC1)N1CCn2cccc2C1c1cccnc1. The van der Waals surface area contributed by atoms with E-state index in [1.54, 1.807) is 21.0 Å². The molecule has 0 amide bonds. The first-order valence-corrected chi connectivity index (χ1v) is 9.89. The molecule has 4 heterocycles. The molecular weight excluding hydrogens is 324 g/mol. The Bertz CT molecular complexity index is 797. The summed E-state index contributed by atoms with van der Waals surface area (Å²) in [6.07, 6.45) is 8.51. The average Bonchev–Trinajstić information content (AvgIpc) is 3.11. The van der Waals surface area contributed by atoms with Crippen LogP contribution in [0.4, 0.5) is 0 Å². The Morgan fingerprint density at radius 2 is 1.83 bits per heavy atom. The molecule has 128 valence electrons. The Hall–Kier alpha value is -1.70. The lowest BCUT2D eigenvalue weighted by molar-refractivity contribution is 0.254. The molecule has 2 aromatic rings. The zero-order valence-electron chi connectivity index (χ0n) is 13.6. The van der Waals surface area contributed by atoms with E-state index in [-0.39, 0.29) is 6.04 Å². The van der Waals surface area contributed by atoms with Crippen LogP contribution in [0.25, 0.3) is 0 Å². The molecule has 7 heteroatoms. The van der Waals surface area contributed by atoms with E-state index < -0.39 is 10.2 Å². The highest BCUT2D eigenvalue weighted by Gasteiger charge is 2.40. The van der Waals surface area contributed by atoms with Gasteiger partial charge in [-0.2, -0.15) is 17.0 Å². The predicted molar refractivity (Wildman–Crippen MR) is 91.6 cm³/mol. The van der Waals surface area contributed by atoms with E-state index >= 15 is 0 Å². The van der Waals surface area contributed by atoms with Gasteiger partial charge in [-0.3, -0.25) is 4.98 Å². The smallest absolute Gasteiger partial charge is 0.282 e. The molecule has 4 rings (SSSR count). The molecule has 2 aromatic heterocycles. The molecule has 0 saturated carbocycles. The van der Waals surface area contributed by atoms with Crippen LogP contribution in [0.1, 0.15) is 36.6 Å². The van der Waals surface area contributed by atoms with E-state index in [1.807, 2.05) is 30.5 Å². The minimum absolute atomic E-state index is 0.311. The summed E-state index contributed by atoms with van der Waals surface area (Å²) in [5.41, 5.74) is 1.92. The van der Waals surface area contributed by atoms with Crippen molar-refractivity contribution < 1.29 is 8.42 Å². The van der Waals surface area contributed by atoms with Gasteiger partial charge in [-0.25, -0.2) is 0 Å². The van der Waals surface area contributed by atoms with Gasteiger partial charge >= 0.3 is 0 Å². The summed E-state index contributed by atoms with van der Waals surface area (Å²) in [6, 6.07) is 7.50. The van der Waals surface area contributed by atoms with Gasteiger partial charge in [0.1, 0.15) is 0 Å². The fourth-order valence-corrected chi connectivity index (χ4v) is 5.55. The van der Waals surface area contributed by atoms with Gasteiger partial charge in [0.25, 0.3) is 10.2 Å². The van der Waals surface area contributed by atoms with E-state index in [4.69, 9.17) is 0 Å². The van der Waals surface area contributed by atoms with Crippen molar-refractivity contribution in [3.8, 4) is 0 Å². The fraction of sp³-hybridized carbons (Fsp3) is 0.471. The maximum atomic E-state index is 13.3. The zero-order chi connectivity index (χ0) is 16.6. The number of aromatic nitrogens is 2. The molecule has 1 atom stereocenters. The number of nitrogens with zero attached hydrogens (tertiary/aromatic N) is 4. The van der Waals surface area contributed by atoms with Gasteiger partial charge in [0, 0.05) is 50.5 Å². The first-order valence-electron chi connectivity index (χ1n) is 8.50. The number of hydrogen-bond donors (Lipinski definition) is 0. The van der Waals surface area contributed by atoms with Gasteiger partial charge in [0.15, 0.2) is 0 Å². The van der Waals surface area contributed by atoms with Crippen molar-refractivity contribution in [1.29, 1.82) is 0 Å². The number of rotatable bonds is 3. The quantitative estimate of drug-likeness (QED) is 0.854. The van der Waals surface area contributed by atoms with Crippen molar-refractivity contribution in [3.05, 3.63) is 54.1 Å². The molecule has 0 spiro atoms. The summed E-state index contributed by atoms with van der Waals surface area (Å²) in [6.45, 7) is 2.42. The second kappa shape index (κ2) is 6.31. The van der Waals surface area contributed by atoms with Crippen molar-refractivity contribution in [1.82, 2.24) is 18.2 Å². The lowest BCUT2D eigenvalue weighted by Crippen LogP contribution is -2.50. The number of pyridine rings is 1. The van der Waals surface area contributed by atoms with Crippen LogP contribution >= 0.6 is 0 Å². The van der Waals surface area contributed by atoms with E-state index in [9.17, 15) is 8.42 Å². The molecule has 0 radical (unpaired) electrons. The van der Waals surface area contributed by atoms with Gasteiger partial charge in [0.2, 0.25) is 0 Å².